The molecule has 0 saturated carbocycles. The van der Waals surface area contributed by atoms with Gasteiger partial charge in [-0.25, -0.2) is 5.71 Å². The van der Waals surface area contributed by atoms with E-state index >= 15 is 0 Å². The number of rotatable bonds is 5. The maximum atomic E-state index is 11.7. The van der Waals surface area contributed by atoms with Gasteiger partial charge in [0.15, 0.2) is 0 Å². The van der Waals surface area contributed by atoms with Gasteiger partial charge in [0.2, 0.25) is 0 Å². The predicted molar refractivity (Wildman–Crippen MR) is 72.8 cm³/mol. The number of aryl methyl sites for hydroxylation is 1. The Kier molecular flexibility index (Phi) is 5.91. The summed E-state index contributed by atoms with van der Waals surface area (Å²) in [6.07, 6.45) is 1.10. The monoisotopic (exact) mass is 438 g/mol. The maximum absolute atomic E-state index is 11.7. The average molecular weight is 438 g/mol. The molecule has 1 aromatic carbocycles. The molecule has 0 saturated heterocycles. The predicted octanol–water partition coefficient (Wildman–Crippen LogP) is 4.16. The highest BCUT2D eigenvalue weighted by Crippen LogP contribution is 2.52. The summed E-state index contributed by atoms with van der Waals surface area (Å²) >= 11 is 3.23. The van der Waals surface area contributed by atoms with Gasteiger partial charge in [0.1, 0.15) is 46.0 Å². The molecular weight excluding hydrogens is 429 g/mol. The van der Waals surface area contributed by atoms with Crippen LogP contribution in [0, 0.1) is 0 Å². The molecule has 0 amide bonds. The first-order valence-electron chi connectivity index (χ1n) is 3.94. The van der Waals surface area contributed by atoms with Crippen LogP contribution >= 0.6 is 53.6 Å². The van der Waals surface area contributed by atoms with Crippen LogP contribution in [0.2, 0.25) is 0 Å². The molecule has 0 N–H and O–H groups in total. The molecule has 0 aliphatic carbocycles. The van der Waals surface area contributed by atoms with E-state index < -0.39 is 7.60 Å². The lowest BCUT2D eigenvalue weighted by Crippen LogP contribution is -1.94. The standard InChI is InChI=1S/C8H9I2O3P/c9-12-14(11,13-10)7-6-8-4-2-1-3-5-8/h1-5H,6-7H2. The lowest BCUT2D eigenvalue weighted by Gasteiger charge is -2.09. The van der Waals surface area contributed by atoms with E-state index in [1.54, 1.807) is 46.0 Å². The van der Waals surface area contributed by atoms with Gasteiger partial charge in [-0.05, 0) is 12.0 Å². The Bertz CT molecular complexity index is 310. The zero-order chi connectivity index (χ0) is 10.4. The van der Waals surface area contributed by atoms with E-state index in [2.05, 4.69) is 0 Å². The molecule has 0 spiro atoms. The van der Waals surface area contributed by atoms with E-state index in [1.165, 1.54) is 0 Å². The van der Waals surface area contributed by atoms with Crippen molar-refractivity contribution < 1.29 is 10.3 Å². The minimum atomic E-state index is -2.87. The van der Waals surface area contributed by atoms with Crippen molar-refractivity contribution in [2.75, 3.05) is 6.16 Å². The van der Waals surface area contributed by atoms with Crippen molar-refractivity contribution in [2.45, 2.75) is 6.42 Å². The van der Waals surface area contributed by atoms with Crippen molar-refractivity contribution in [3.8, 4) is 0 Å². The van der Waals surface area contributed by atoms with Gasteiger partial charge in [-0.2, -0.15) is 0 Å². The molecule has 0 atom stereocenters. The SMILES string of the molecule is O=P(CCc1ccccc1)(OI)OI. The topological polar surface area (TPSA) is 35.5 Å². The first-order chi connectivity index (χ1) is 6.70. The molecule has 6 heteroatoms. The number of halogens is 2. The molecule has 0 bridgehead atoms. The lowest BCUT2D eigenvalue weighted by molar-refractivity contribution is 0.463. The molecular formula is C8H9I2O3P. The number of hydrogen-bond acceptors (Lipinski definition) is 3. The van der Waals surface area contributed by atoms with Gasteiger partial charge >= 0.3 is 7.60 Å². The molecule has 0 fully saturated rings. The van der Waals surface area contributed by atoms with Crippen molar-refractivity contribution in [3.63, 3.8) is 0 Å². The summed E-state index contributed by atoms with van der Waals surface area (Å²) in [6, 6.07) is 9.84. The summed E-state index contributed by atoms with van der Waals surface area (Å²) in [5, 5.41) is 0. The first kappa shape index (κ1) is 12.9. The Morgan fingerprint density at radius 2 is 1.71 bits per heavy atom. The quantitative estimate of drug-likeness (QED) is 0.512. The van der Waals surface area contributed by atoms with Gasteiger partial charge in [-0.3, -0.25) is 4.57 Å². The molecule has 0 heterocycles. The normalized spacial score (nSPS) is 11.6. The smallest absolute Gasteiger partial charge is 0.258 e. The van der Waals surface area contributed by atoms with Crippen LogP contribution in [0.3, 0.4) is 0 Å². The van der Waals surface area contributed by atoms with Gasteiger partial charge < -0.3 is 0 Å². The summed E-state index contributed by atoms with van der Waals surface area (Å²) in [7, 11) is -2.87. The molecule has 0 unspecified atom stereocenters. The third kappa shape index (κ3) is 4.14. The highest BCUT2D eigenvalue weighted by atomic mass is 127. The van der Waals surface area contributed by atoms with E-state index in [1.807, 2.05) is 30.3 Å². The van der Waals surface area contributed by atoms with Crippen molar-refractivity contribution in [2.24, 2.45) is 0 Å². The van der Waals surface area contributed by atoms with E-state index in [-0.39, 0.29) is 0 Å². The summed E-state index contributed by atoms with van der Waals surface area (Å²) < 4.78 is 21.3. The maximum Gasteiger partial charge on any atom is 0.349 e. The van der Waals surface area contributed by atoms with E-state index in [4.69, 9.17) is 5.71 Å². The van der Waals surface area contributed by atoms with Crippen molar-refractivity contribution in [3.05, 3.63) is 35.9 Å². The molecule has 0 aromatic heterocycles. The van der Waals surface area contributed by atoms with Crippen LogP contribution in [-0.4, -0.2) is 6.16 Å². The highest BCUT2D eigenvalue weighted by molar-refractivity contribution is 14.1. The minimum absolute atomic E-state index is 0.406. The van der Waals surface area contributed by atoms with Crippen molar-refractivity contribution in [1.29, 1.82) is 0 Å². The second-order valence-corrected chi connectivity index (χ2v) is 7.02. The summed E-state index contributed by atoms with van der Waals surface area (Å²) in [6.45, 7) is 0. The zero-order valence-corrected chi connectivity index (χ0v) is 12.4. The third-order valence-electron chi connectivity index (χ3n) is 1.73. The van der Waals surface area contributed by atoms with Gasteiger partial charge in [-0.15, -0.1) is 0 Å². The molecule has 1 aromatic rings. The van der Waals surface area contributed by atoms with Crippen LogP contribution in [0.1, 0.15) is 5.56 Å². The molecule has 0 aliphatic rings. The number of benzene rings is 1. The summed E-state index contributed by atoms with van der Waals surface area (Å²) in [4.78, 5) is 0. The first-order valence-corrected chi connectivity index (χ1v) is 7.43. The van der Waals surface area contributed by atoms with Crippen LogP contribution in [0.5, 0.6) is 0 Å². The largest absolute Gasteiger partial charge is 0.349 e. The van der Waals surface area contributed by atoms with Crippen molar-refractivity contribution >= 4 is 53.6 Å². The fraction of sp³-hybridized carbons (Fsp3) is 0.250. The van der Waals surface area contributed by atoms with E-state index in [0.29, 0.717) is 12.6 Å². The van der Waals surface area contributed by atoms with Crippen LogP contribution in [0.25, 0.3) is 0 Å². The molecule has 1 rings (SSSR count). The van der Waals surface area contributed by atoms with Crippen LogP contribution in [0.4, 0.5) is 0 Å². The highest BCUT2D eigenvalue weighted by Gasteiger charge is 2.22. The minimum Gasteiger partial charge on any atom is -0.258 e. The van der Waals surface area contributed by atoms with Gasteiger partial charge in [-0.1, -0.05) is 30.3 Å². The van der Waals surface area contributed by atoms with Gasteiger partial charge in [0, 0.05) is 0 Å². The lowest BCUT2D eigenvalue weighted by atomic mass is 10.2. The molecule has 3 nitrogen and oxygen atoms in total. The molecule has 78 valence electrons. The fourth-order valence-corrected chi connectivity index (χ4v) is 4.27. The fourth-order valence-electron chi connectivity index (χ4n) is 0.990. The second kappa shape index (κ2) is 6.42. The molecule has 14 heavy (non-hydrogen) atoms. The Morgan fingerprint density at radius 3 is 2.21 bits per heavy atom. The summed E-state index contributed by atoms with van der Waals surface area (Å²) in [5.74, 6) is 0. The van der Waals surface area contributed by atoms with Crippen molar-refractivity contribution in [1.82, 2.24) is 0 Å². The van der Waals surface area contributed by atoms with Gasteiger partial charge in [0.05, 0.1) is 6.16 Å². The zero-order valence-electron chi connectivity index (χ0n) is 7.23. The Labute approximate surface area is 111 Å². The molecule has 0 radical (unpaired) electrons. The van der Waals surface area contributed by atoms with Crippen LogP contribution in [-0.2, 0) is 16.7 Å². The van der Waals surface area contributed by atoms with Crippen LogP contribution in [0.15, 0.2) is 30.3 Å². The third-order valence-corrected chi connectivity index (χ3v) is 6.52. The van der Waals surface area contributed by atoms with E-state index in [0.717, 1.165) is 5.56 Å². The Balaban J connectivity index is 2.52. The summed E-state index contributed by atoms with van der Waals surface area (Å²) in [5.41, 5.74) is 1.13. The van der Waals surface area contributed by atoms with Gasteiger partial charge in [0.25, 0.3) is 0 Å². The van der Waals surface area contributed by atoms with E-state index in [9.17, 15) is 4.57 Å². The molecule has 0 aliphatic heterocycles. The van der Waals surface area contributed by atoms with Crippen LogP contribution < -0.4 is 0 Å². The number of hydrogen-bond donors (Lipinski definition) is 0. The second-order valence-electron chi connectivity index (χ2n) is 2.71. The average Bonchev–Trinajstić information content (AvgIpc) is 2.27. The Hall–Kier alpha value is 0.830. The Morgan fingerprint density at radius 1 is 1.14 bits per heavy atom.